The lowest BCUT2D eigenvalue weighted by atomic mass is 10.2. The molecule has 1 atom stereocenters. The number of aryl methyl sites for hydroxylation is 1. The van der Waals surface area contributed by atoms with E-state index in [0.29, 0.717) is 0 Å². The number of carbonyl (C=O) groups is 1. The quantitative estimate of drug-likeness (QED) is 0.853. The molecule has 1 unspecified atom stereocenters. The van der Waals surface area contributed by atoms with Gasteiger partial charge in [0.15, 0.2) is 6.04 Å². The summed E-state index contributed by atoms with van der Waals surface area (Å²) in [5.74, 6) is -0.868. The molecule has 0 saturated carbocycles. The molecular formula is C14H14BrNO2S. The topological polar surface area (TPSA) is 49.3 Å². The van der Waals surface area contributed by atoms with Crippen LogP contribution in [0.5, 0.6) is 0 Å². The zero-order valence-electron chi connectivity index (χ0n) is 10.4. The van der Waals surface area contributed by atoms with E-state index < -0.39 is 12.0 Å². The number of hydrogen-bond donors (Lipinski definition) is 2. The fourth-order valence-electron chi connectivity index (χ4n) is 1.71. The monoisotopic (exact) mass is 339 g/mol. The second kappa shape index (κ2) is 6.21. The molecular weight excluding hydrogens is 326 g/mol. The van der Waals surface area contributed by atoms with Crippen LogP contribution in [0.3, 0.4) is 0 Å². The van der Waals surface area contributed by atoms with Gasteiger partial charge in [0, 0.05) is 19.9 Å². The van der Waals surface area contributed by atoms with Gasteiger partial charge in [-0.2, -0.15) is 0 Å². The molecule has 0 aliphatic rings. The molecule has 0 aliphatic carbocycles. The Kier molecular flexibility index (Phi) is 4.61. The van der Waals surface area contributed by atoms with Crippen molar-refractivity contribution in [1.82, 2.24) is 0 Å². The van der Waals surface area contributed by atoms with Crippen LogP contribution < -0.4 is 5.32 Å². The Labute approximate surface area is 124 Å². The normalized spacial score (nSPS) is 12.1. The zero-order chi connectivity index (χ0) is 13.8. The fourth-order valence-corrected chi connectivity index (χ4v) is 2.97. The van der Waals surface area contributed by atoms with Crippen molar-refractivity contribution in [2.75, 3.05) is 5.32 Å². The van der Waals surface area contributed by atoms with E-state index in [0.717, 1.165) is 21.5 Å². The van der Waals surface area contributed by atoms with E-state index in [1.807, 2.05) is 36.4 Å². The van der Waals surface area contributed by atoms with E-state index in [1.54, 1.807) is 0 Å². The number of rotatable bonds is 5. The van der Waals surface area contributed by atoms with E-state index >= 15 is 0 Å². The molecule has 100 valence electrons. The average Bonchev–Trinajstić information content (AvgIpc) is 2.86. The van der Waals surface area contributed by atoms with Crippen LogP contribution in [0, 0.1) is 0 Å². The summed E-state index contributed by atoms with van der Waals surface area (Å²) < 4.78 is 0.967. The summed E-state index contributed by atoms with van der Waals surface area (Å²) in [5.41, 5.74) is 0.794. The predicted octanol–water partition coefficient (Wildman–Crippen LogP) is 4.31. The summed E-state index contributed by atoms with van der Waals surface area (Å²) in [6.07, 6.45) is 0.926. The SMILES string of the molecule is CCc1ccc(C(Nc2ccc(Br)cc2)C(=O)O)s1. The maximum absolute atomic E-state index is 11.4. The predicted molar refractivity (Wildman–Crippen MR) is 81.8 cm³/mol. The van der Waals surface area contributed by atoms with Gasteiger partial charge in [-0.25, -0.2) is 4.79 Å². The lowest BCUT2D eigenvalue weighted by Crippen LogP contribution is -2.19. The fraction of sp³-hybridized carbons (Fsp3) is 0.214. The summed E-state index contributed by atoms with van der Waals surface area (Å²) >= 11 is 4.90. The van der Waals surface area contributed by atoms with Crippen molar-refractivity contribution >= 4 is 38.9 Å². The van der Waals surface area contributed by atoms with E-state index in [9.17, 15) is 9.90 Å². The molecule has 1 aromatic heterocycles. The first kappa shape index (κ1) is 14.1. The third kappa shape index (κ3) is 3.58. The number of hydrogen-bond acceptors (Lipinski definition) is 3. The second-order valence-corrected chi connectivity index (χ2v) is 6.20. The first-order valence-electron chi connectivity index (χ1n) is 5.93. The molecule has 1 aromatic carbocycles. The number of aliphatic carboxylic acids is 1. The van der Waals surface area contributed by atoms with Gasteiger partial charge in [-0.3, -0.25) is 0 Å². The van der Waals surface area contributed by atoms with Gasteiger partial charge in [0.1, 0.15) is 0 Å². The van der Waals surface area contributed by atoms with Crippen LogP contribution in [0.4, 0.5) is 5.69 Å². The number of carboxylic acids is 1. The number of halogens is 1. The Morgan fingerprint density at radius 1 is 1.32 bits per heavy atom. The minimum Gasteiger partial charge on any atom is -0.479 e. The minimum absolute atomic E-state index is 0.702. The number of nitrogens with one attached hydrogen (secondary N) is 1. The third-order valence-electron chi connectivity index (χ3n) is 2.72. The maximum Gasteiger partial charge on any atom is 0.331 e. The molecule has 0 spiro atoms. The first-order chi connectivity index (χ1) is 9.10. The molecule has 1 heterocycles. The van der Waals surface area contributed by atoms with E-state index in [4.69, 9.17) is 0 Å². The number of thiophene rings is 1. The summed E-state index contributed by atoms with van der Waals surface area (Å²) in [7, 11) is 0. The molecule has 2 aromatic rings. The highest BCUT2D eigenvalue weighted by atomic mass is 79.9. The van der Waals surface area contributed by atoms with E-state index in [1.165, 1.54) is 16.2 Å². The van der Waals surface area contributed by atoms with Gasteiger partial charge in [0.25, 0.3) is 0 Å². The summed E-state index contributed by atoms with van der Waals surface area (Å²) in [6, 6.07) is 10.6. The number of anilines is 1. The van der Waals surface area contributed by atoms with E-state index in [-0.39, 0.29) is 0 Å². The van der Waals surface area contributed by atoms with Gasteiger partial charge in [0.05, 0.1) is 0 Å². The smallest absolute Gasteiger partial charge is 0.331 e. The lowest BCUT2D eigenvalue weighted by molar-refractivity contribution is -0.138. The minimum atomic E-state index is -0.868. The Bertz CT molecular complexity index is 565. The highest BCUT2D eigenvalue weighted by Crippen LogP contribution is 2.27. The third-order valence-corrected chi connectivity index (χ3v) is 4.54. The van der Waals surface area contributed by atoms with Gasteiger partial charge in [-0.15, -0.1) is 11.3 Å². The number of benzene rings is 1. The molecule has 0 aliphatic heterocycles. The van der Waals surface area contributed by atoms with Crippen molar-refractivity contribution < 1.29 is 9.90 Å². The largest absolute Gasteiger partial charge is 0.479 e. The second-order valence-electron chi connectivity index (χ2n) is 4.08. The van der Waals surface area contributed by atoms with Gasteiger partial charge >= 0.3 is 5.97 Å². The Morgan fingerprint density at radius 3 is 2.53 bits per heavy atom. The lowest BCUT2D eigenvalue weighted by Gasteiger charge is -2.14. The average molecular weight is 340 g/mol. The molecule has 2 N–H and O–H groups in total. The van der Waals surface area contributed by atoms with Gasteiger partial charge < -0.3 is 10.4 Å². The van der Waals surface area contributed by atoms with Crippen LogP contribution in [-0.2, 0) is 11.2 Å². The van der Waals surface area contributed by atoms with Crippen LogP contribution >= 0.6 is 27.3 Å². The molecule has 3 nitrogen and oxygen atoms in total. The van der Waals surface area contributed by atoms with Crippen molar-refractivity contribution in [3.8, 4) is 0 Å². The maximum atomic E-state index is 11.4. The molecule has 2 rings (SSSR count). The van der Waals surface area contributed by atoms with Gasteiger partial charge in [-0.05, 0) is 42.8 Å². The Balaban J connectivity index is 2.21. The van der Waals surface area contributed by atoms with Crippen LogP contribution in [0.1, 0.15) is 22.7 Å². The molecule has 0 bridgehead atoms. The Hall–Kier alpha value is -1.33. The van der Waals surface area contributed by atoms with Crippen LogP contribution in [-0.4, -0.2) is 11.1 Å². The molecule has 19 heavy (non-hydrogen) atoms. The molecule has 0 radical (unpaired) electrons. The van der Waals surface area contributed by atoms with E-state index in [2.05, 4.69) is 28.2 Å². The highest BCUT2D eigenvalue weighted by Gasteiger charge is 2.21. The standard InChI is InChI=1S/C14H14BrNO2S/c1-2-11-7-8-12(19-11)13(14(17)18)16-10-5-3-9(15)4-6-10/h3-8,13,16H,2H2,1H3,(H,17,18). The van der Waals surface area contributed by atoms with Crippen LogP contribution in [0.2, 0.25) is 0 Å². The van der Waals surface area contributed by atoms with Crippen LogP contribution in [0.15, 0.2) is 40.9 Å². The molecule has 5 heteroatoms. The summed E-state index contributed by atoms with van der Waals surface area (Å²) in [6.45, 7) is 2.06. The Morgan fingerprint density at radius 2 is 2.00 bits per heavy atom. The molecule has 0 amide bonds. The van der Waals surface area contributed by atoms with Gasteiger partial charge in [0.2, 0.25) is 0 Å². The highest BCUT2D eigenvalue weighted by molar-refractivity contribution is 9.10. The first-order valence-corrected chi connectivity index (χ1v) is 7.54. The van der Waals surface area contributed by atoms with Crippen molar-refractivity contribution in [3.05, 3.63) is 50.6 Å². The molecule has 0 fully saturated rings. The summed E-state index contributed by atoms with van der Waals surface area (Å²) in [4.78, 5) is 13.4. The van der Waals surface area contributed by atoms with Crippen molar-refractivity contribution in [2.24, 2.45) is 0 Å². The van der Waals surface area contributed by atoms with Crippen molar-refractivity contribution in [3.63, 3.8) is 0 Å². The molecule has 0 saturated heterocycles. The van der Waals surface area contributed by atoms with Crippen molar-refractivity contribution in [2.45, 2.75) is 19.4 Å². The van der Waals surface area contributed by atoms with Crippen molar-refractivity contribution in [1.29, 1.82) is 0 Å². The van der Waals surface area contributed by atoms with Gasteiger partial charge in [-0.1, -0.05) is 22.9 Å². The summed E-state index contributed by atoms with van der Waals surface area (Å²) in [5, 5.41) is 12.4. The zero-order valence-corrected chi connectivity index (χ0v) is 12.8. The number of carboxylic acid groups (broad SMARTS) is 1. The van der Waals surface area contributed by atoms with Crippen LogP contribution in [0.25, 0.3) is 0 Å².